The number of nitrogens with one attached hydrogen (secondary N) is 2. The van der Waals surface area contributed by atoms with Gasteiger partial charge in [-0.2, -0.15) is 8.78 Å². The van der Waals surface area contributed by atoms with Crippen LogP contribution in [0.25, 0.3) is 0 Å². The molecule has 22 heavy (non-hydrogen) atoms. The molecule has 0 aliphatic rings. The average Bonchev–Trinajstić information content (AvgIpc) is 2.47. The van der Waals surface area contributed by atoms with Crippen molar-refractivity contribution in [2.75, 3.05) is 13.6 Å². The summed E-state index contributed by atoms with van der Waals surface area (Å²) < 4.78 is 29.1. The Hall–Kier alpha value is -1.12. The molecule has 0 radical (unpaired) electrons. The zero-order valence-corrected chi connectivity index (χ0v) is 15.3. The van der Waals surface area contributed by atoms with Crippen molar-refractivity contribution in [2.45, 2.75) is 39.3 Å². The molecule has 126 valence electrons. The van der Waals surface area contributed by atoms with E-state index in [2.05, 4.69) is 27.3 Å². The summed E-state index contributed by atoms with van der Waals surface area (Å²) in [5.74, 6) is 0.833. The summed E-state index contributed by atoms with van der Waals surface area (Å²) in [4.78, 5) is 4.10. The van der Waals surface area contributed by atoms with Crippen molar-refractivity contribution in [3.05, 3.63) is 29.8 Å². The second-order valence-electron chi connectivity index (χ2n) is 4.55. The Morgan fingerprint density at radius 1 is 1.23 bits per heavy atom. The zero-order valence-electron chi connectivity index (χ0n) is 12.9. The molecule has 0 atom stereocenters. The van der Waals surface area contributed by atoms with E-state index in [1.165, 1.54) is 6.07 Å². The van der Waals surface area contributed by atoms with Gasteiger partial charge in [-0.25, -0.2) is 0 Å². The minimum atomic E-state index is -2.82. The maximum absolute atomic E-state index is 12.3. The van der Waals surface area contributed by atoms with Gasteiger partial charge < -0.3 is 15.4 Å². The summed E-state index contributed by atoms with van der Waals surface area (Å²) in [5, 5.41) is 6.27. The van der Waals surface area contributed by atoms with Crippen LogP contribution < -0.4 is 15.4 Å². The first kappa shape index (κ1) is 20.9. The van der Waals surface area contributed by atoms with Crippen LogP contribution in [0, 0.1) is 0 Å². The third kappa shape index (κ3) is 8.35. The second kappa shape index (κ2) is 12.4. The Kier molecular flexibility index (Phi) is 11.8. The van der Waals surface area contributed by atoms with Crippen LogP contribution in [0.15, 0.2) is 29.3 Å². The maximum Gasteiger partial charge on any atom is 0.387 e. The lowest BCUT2D eigenvalue weighted by atomic mass is 10.2. The predicted octanol–water partition coefficient (Wildman–Crippen LogP) is 3.76. The summed E-state index contributed by atoms with van der Waals surface area (Å²) in [6.07, 6.45) is 3.39. The lowest BCUT2D eigenvalue weighted by Gasteiger charge is -2.14. The normalized spacial score (nSPS) is 11.0. The molecule has 0 aromatic heterocycles. The Bertz CT molecular complexity index is 445. The Balaban J connectivity index is 0.00000441. The molecule has 7 heteroatoms. The van der Waals surface area contributed by atoms with Crippen LogP contribution in [-0.4, -0.2) is 26.2 Å². The standard InChI is InChI=1S/C15H23F2N3O.HI/c1-3-4-7-10-19-15(18-2)20-11-12-8-5-6-9-13(12)21-14(16)17;/h5-6,8-9,14H,3-4,7,10-11H2,1-2H3,(H2,18,19,20);1H. The molecule has 0 aliphatic carbocycles. The van der Waals surface area contributed by atoms with Crippen molar-refractivity contribution in [1.29, 1.82) is 0 Å². The minimum Gasteiger partial charge on any atom is -0.434 e. The second-order valence-corrected chi connectivity index (χ2v) is 4.55. The van der Waals surface area contributed by atoms with E-state index in [0.717, 1.165) is 25.8 Å². The number of guanidine groups is 1. The lowest BCUT2D eigenvalue weighted by Crippen LogP contribution is -2.37. The van der Waals surface area contributed by atoms with Crippen LogP contribution in [0.4, 0.5) is 8.78 Å². The number of hydrogen-bond acceptors (Lipinski definition) is 2. The third-order valence-corrected chi connectivity index (χ3v) is 2.93. The van der Waals surface area contributed by atoms with Gasteiger partial charge in [-0.1, -0.05) is 38.0 Å². The third-order valence-electron chi connectivity index (χ3n) is 2.93. The molecule has 1 aromatic rings. The Labute approximate surface area is 147 Å². The molecule has 0 spiro atoms. The fourth-order valence-electron chi connectivity index (χ4n) is 1.84. The van der Waals surface area contributed by atoms with E-state index in [1.807, 2.05) is 0 Å². The molecule has 0 unspecified atom stereocenters. The van der Waals surface area contributed by atoms with Crippen LogP contribution in [-0.2, 0) is 6.54 Å². The van der Waals surface area contributed by atoms with Crippen molar-refractivity contribution >= 4 is 29.9 Å². The molecule has 0 fully saturated rings. The number of unbranched alkanes of at least 4 members (excludes halogenated alkanes) is 2. The van der Waals surface area contributed by atoms with E-state index in [1.54, 1.807) is 25.2 Å². The summed E-state index contributed by atoms with van der Waals surface area (Å²) >= 11 is 0. The fraction of sp³-hybridized carbons (Fsp3) is 0.533. The maximum atomic E-state index is 12.3. The van der Waals surface area contributed by atoms with Gasteiger partial charge in [-0.3, -0.25) is 4.99 Å². The molecule has 2 N–H and O–H groups in total. The van der Waals surface area contributed by atoms with Crippen molar-refractivity contribution in [2.24, 2.45) is 4.99 Å². The quantitative estimate of drug-likeness (QED) is 0.288. The number of benzene rings is 1. The van der Waals surface area contributed by atoms with Crippen LogP contribution in [0.2, 0.25) is 0 Å². The van der Waals surface area contributed by atoms with E-state index < -0.39 is 6.61 Å². The smallest absolute Gasteiger partial charge is 0.387 e. The van der Waals surface area contributed by atoms with Crippen molar-refractivity contribution in [1.82, 2.24) is 10.6 Å². The molecule has 0 bridgehead atoms. The van der Waals surface area contributed by atoms with Crippen LogP contribution >= 0.6 is 24.0 Å². The number of nitrogens with zero attached hydrogens (tertiary/aromatic N) is 1. The molecule has 4 nitrogen and oxygen atoms in total. The summed E-state index contributed by atoms with van der Waals surface area (Å²) in [6.45, 7) is 0.532. The van der Waals surface area contributed by atoms with Crippen LogP contribution in [0.5, 0.6) is 5.75 Å². The minimum absolute atomic E-state index is 0. The first-order valence-corrected chi connectivity index (χ1v) is 7.14. The van der Waals surface area contributed by atoms with Gasteiger partial charge >= 0.3 is 6.61 Å². The van der Waals surface area contributed by atoms with Crippen molar-refractivity contribution in [3.63, 3.8) is 0 Å². The van der Waals surface area contributed by atoms with E-state index in [0.29, 0.717) is 18.1 Å². The van der Waals surface area contributed by atoms with Crippen LogP contribution in [0.1, 0.15) is 31.7 Å². The fourth-order valence-corrected chi connectivity index (χ4v) is 1.84. The molecular weight excluding hydrogens is 403 g/mol. The van der Waals surface area contributed by atoms with Gasteiger partial charge in [0.2, 0.25) is 0 Å². The van der Waals surface area contributed by atoms with Crippen molar-refractivity contribution in [3.8, 4) is 5.75 Å². The molecule has 0 saturated carbocycles. The van der Waals surface area contributed by atoms with Gasteiger partial charge in [0.25, 0.3) is 0 Å². The largest absolute Gasteiger partial charge is 0.434 e. The number of aliphatic imine (C=N–C) groups is 1. The molecule has 0 saturated heterocycles. The first-order valence-electron chi connectivity index (χ1n) is 7.14. The molecule has 1 aromatic carbocycles. The molecular formula is C15H24F2IN3O. The first-order chi connectivity index (χ1) is 10.2. The van der Waals surface area contributed by atoms with E-state index in [9.17, 15) is 8.78 Å². The van der Waals surface area contributed by atoms with E-state index >= 15 is 0 Å². The predicted molar refractivity (Wildman–Crippen MR) is 96.2 cm³/mol. The average molecular weight is 427 g/mol. The Morgan fingerprint density at radius 2 is 1.95 bits per heavy atom. The monoisotopic (exact) mass is 427 g/mol. The zero-order chi connectivity index (χ0) is 15.5. The number of para-hydroxylation sites is 1. The van der Waals surface area contributed by atoms with Gasteiger partial charge in [-0.05, 0) is 12.5 Å². The van der Waals surface area contributed by atoms with Gasteiger partial charge in [-0.15, -0.1) is 24.0 Å². The number of alkyl halides is 2. The van der Waals surface area contributed by atoms with Gasteiger partial charge in [0.05, 0.1) is 0 Å². The highest BCUT2D eigenvalue weighted by Crippen LogP contribution is 2.19. The number of halogens is 3. The topological polar surface area (TPSA) is 45.7 Å². The van der Waals surface area contributed by atoms with E-state index in [4.69, 9.17) is 0 Å². The highest BCUT2D eigenvalue weighted by atomic mass is 127. The van der Waals surface area contributed by atoms with Crippen molar-refractivity contribution < 1.29 is 13.5 Å². The van der Waals surface area contributed by atoms with E-state index in [-0.39, 0.29) is 29.7 Å². The van der Waals surface area contributed by atoms with Gasteiger partial charge in [0.15, 0.2) is 5.96 Å². The summed E-state index contributed by atoms with van der Waals surface area (Å²) in [5.41, 5.74) is 0.661. The number of hydrogen-bond donors (Lipinski definition) is 2. The summed E-state index contributed by atoms with van der Waals surface area (Å²) in [7, 11) is 1.68. The number of ether oxygens (including phenoxy) is 1. The number of rotatable bonds is 8. The molecule has 0 heterocycles. The Morgan fingerprint density at radius 3 is 2.59 bits per heavy atom. The highest BCUT2D eigenvalue weighted by Gasteiger charge is 2.09. The SMILES string of the molecule is CCCCCNC(=NC)NCc1ccccc1OC(F)F.I. The van der Waals surface area contributed by atoms with Crippen LogP contribution in [0.3, 0.4) is 0 Å². The molecule has 0 aliphatic heterocycles. The summed E-state index contributed by atoms with van der Waals surface area (Å²) in [6, 6.07) is 6.72. The molecule has 1 rings (SSSR count). The molecule has 0 amide bonds. The van der Waals surface area contributed by atoms with Gasteiger partial charge in [0.1, 0.15) is 5.75 Å². The van der Waals surface area contributed by atoms with Gasteiger partial charge in [0, 0.05) is 25.7 Å². The lowest BCUT2D eigenvalue weighted by molar-refractivity contribution is -0.0504. The highest BCUT2D eigenvalue weighted by molar-refractivity contribution is 14.0.